The Morgan fingerprint density at radius 2 is 2.47 bits per heavy atom. The van der Waals surface area contributed by atoms with Gasteiger partial charge in [-0.1, -0.05) is 11.3 Å². The summed E-state index contributed by atoms with van der Waals surface area (Å²) in [6.07, 6.45) is 0.121. The summed E-state index contributed by atoms with van der Waals surface area (Å²) in [6.45, 7) is 3.03. The van der Waals surface area contributed by atoms with Gasteiger partial charge in [-0.3, -0.25) is 0 Å². The molecule has 0 amide bonds. The van der Waals surface area contributed by atoms with Crippen LogP contribution in [0.4, 0.5) is 10.8 Å². The fraction of sp³-hybridized carbons (Fsp3) is 0.462. The molecule has 1 aromatic carbocycles. The summed E-state index contributed by atoms with van der Waals surface area (Å²) in [5.74, 6) is 0. The predicted molar refractivity (Wildman–Crippen MR) is 77.9 cm³/mol. The minimum atomic E-state index is 0.121. The van der Waals surface area contributed by atoms with Crippen molar-refractivity contribution in [3.63, 3.8) is 0 Å². The summed E-state index contributed by atoms with van der Waals surface area (Å²) in [4.78, 5) is 6.92. The van der Waals surface area contributed by atoms with Gasteiger partial charge in [0.1, 0.15) is 0 Å². The summed E-state index contributed by atoms with van der Waals surface area (Å²) in [5.41, 5.74) is 7.59. The molecular formula is C13H17N3O2S. The Balaban J connectivity index is 1.83. The SMILES string of the molecule is COC[C@@H]1CN(c2nc3ccc(N)cc3s2)CCO1. The van der Waals surface area contributed by atoms with Crippen LogP contribution in [-0.2, 0) is 9.47 Å². The quantitative estimate of drug-likeness (QED) is 0.867. The number of ether oxygens (including phenoxy) is 2. The van der Waals surface area contributed by atoms with E-state index in [4.69, 9.17) is 15.2 Å². The molecule has 3 rings (SSSR count). The molecule has 1 fully saturated rings. The van der Waals surface area contributed by atoms with Crippen LogP contribution in [0.15, 0.2) is 18.2 Å². The van der Waals surface area contributed by atoms with Crippen molar-refractivity contribution in [3.8, 4) is 0 Å². The second-order valence-electron chi connectivity index (χ2n) is 4.62. The molecule has 1 aliphatic heterocycles. The number of morpholine rings is 1. The lowest BCUT2D eigenvalue weighted by molar-refractivity contribution is -0.0100. The van der Waals surface area contributed by atoms with E-state index in [1.165, 1.54) is 0 Å². The molecule has 2 aromatic rings. The monoisotopic (exact) mass is 279 g/mol. The Kier molecular flexibility index (Phi) is 3.54. The van der Waals surface area contributed by atoms with E-state index in [1.54, 1.807) is 18.4 Å². The molecule has 1 aromatic heterocycles. The molecule has 0 bridgehead atoms. The third-order valence-corrected chi connectivity index (χ3v) is 4.24. The van der Waals surface area contributed by atoms with E-state index in [0.717, 1.165) is 34.1 Å². The van der Waals surface area contributed by atoms with Crippen molar-refractivity contribution < 1.29 is 9.47 Å². The highest BCUT2D eigenvalue weighted by Crippen LogP contribution is 2.30. The number of aromatic nitrogens is 1. The first-order valence-corrected chi connectivity index (χ1v) is 7.09. The van der Waals surface area contributed by atoms with Crippen molar-refractivity contribution in [2.75, 3.05) is 44.0 Å². The van der Waals surface area contributed by atoms with Crippen LogP contribution in [0.5, 0.6) is 0 Å². The van der Waals surface area contributed by atoms with E-state index in [-0.39, 0.29) is 6.10 Å². The smallest absolute Gasteiger partial charge is 0.186 e. The zero-order chi connectivity index (χ0) is 13.2. The Hall–Kier alpha value is -1.37. The summed E-state index contributed by atoms with van der Waals surface area (Å²) >= 11 is 1.68. The summed E-state index contributed by atoms with van der Waals surface area (Å²) in [6, 6.07) is 5.83. The molecule has 5 nitrogen and oxygen atoms in total. The molecule has 2 N–H and O–H groups in total. The number of rotatable bonds is 3. The molecule has 102 valence electrons. The molecule has 2 heterocycles. The van der Waals surface area contributed by atoms with Gasteiger partial charge < -0.3 is 20.1 Å². The molecule has 1 saturated heterocycles. The van der Waals surface area contributed by atoms with Crippen LogP contribution in [0.25, 0.3) is 10.2 Å². The highest BCUT2D eigenvalue weighted by molar-refractivity contribution is 7.22. The Labute approximate surface area is 115 Å². The number of thiazole rings is 1. The molecule has 1 aliphatic rings. The number of methoxy groups -OCH3 is 1. The van der Waals surface area contributed by atoms with Gasteiger partial charge in [-0.2, -0.15) is 0 Å². The van der Waals surface area contributed by atoms with Crippen LogP contribution in [0.2, 0.25) is 0 Å². The number of nitrogens with two attached hydrogens (primary N) is 1. The molecule has 0 saturated carbocycles. The molecule has 6 heteroatoms. The fourth-order valence-corrected chi connectivity index (χ4v) is 3.29. The number of nitrogen functional groups attached to an aromatic ring is 1. The molecule has 0 radical (unpaired) electrons. The van der Waals surface area contributed by atoms with Crippen molar-refractivity contribution in [2.24, 2.45) is 0 Å². The lowest BCUT2D eigenvalue weighted by Crippen LogP contribution is -2.44. The van der Waals surface area contributed by atoms with Crippen molar-refractivity contribution in [3.05, 3.63) is 18.2 Å². The first kappa shape index (κ1) is 12.7. The average Bonchev–Trinajstić information content (AvgIpc) is 2.82. The van der Waals surface area contributed by atoms with Crippen molar-refractivity contribution in [1.82, 2.24) is 4.98 Å². The standard InChI is InChI=1S/C13H17N3O2S/c1-17-8-10-7-16(4-5-18-10)13-15-11-3-2-9(14)6-12(11)19-13/h2-3,6,10H,4-5,7-8,14H2,1H3/t10-/m0/s1. The Morgan fingerprint density at radius 3 is 3.32 bits per heavy atom. The third-order valence-electron chi connectivity index (χ3n) is 3.16. The van der Waals surface area contributed by atoms with E-state index in [2.05, 4.69) is 9.88 Å². The lowest BCUT2D eigenvalue weighted by Gasteiger charge is -2.32. The van der Waals surface area contributed by atoms with E-state index in [0.29, 0.717) is 13.2 Å². The highest BCUT2D eigenvalue weighted by Gasteiger charge is 2.22. The molecule has 0 unspecified atom stereocenters. The first-order valence-electron chi connectivity index (χ1n) is 6.28. The van der Waals surface area contributed by atoms with Gasteiger partial charge in [-0.05, 0) is 18.2 Å². The van der Waals surface area contributed by atoms with Gasteiger partial charge in [0.15, 0.2) is 5.13 Å². The van der Waals surface area contributed by atoms with Crippen molar-refractivity contribution >= 4 is 32.4 Å². The minimum Gasteiger partial charge on any atom is -0.399 e. The number of anilines is 2. The predicted octanol–water partition coefficient (Wildman–Crippen LogP) is 1.73. The van der Waals surface area contributed by atoms with Crippen LogP contribution >= 0.6 is 11.3 Å². The first-order chi connectivity index (χ1) is 9.26. The number of fused-ring (bicyclic) bond motifs is 1. The molecular weight excluding hydrogens is 262 g/mol. The van der Waals surface area contributed by atoms with Gasteiger partial charge >= 0.3 is 0 Å². The lowest BCUT2D eigenvalue weighted by atomic mass is 10.3. The van der Waals surface area contributed by atoms with E-state index in [9.17, 15) is 0 Å². The van der Waals surface area contributed by atoms with E-state index in [1.807, 2.05) is 18.2 Å². The third kappa shape index (κ3) is 2.65. The number of hydrogen-bond donors (Lipinski definition) is 1. The zero-order valence-electron chi connectivity index (χ0n) is 10.8. The second-order valence-corrected chi connectivity index (χ2v) is 5.63. The molecule has 0 spiro atoms. The fourth-order valence-electron chi connectivity index (χ4n) is 2.24. The topological polar surface area (TPSA) is 60.6 Å². The van der Waals surface area contributed by atoms with Gasteiger partial charge in [0.25, 0.3) is 0 Å². The van der Waals surface area contributed by atoms with Gasteiger partial charge in [0, 0.05) is 25.9 Å². The number of benzene rings is 1. The maximum Gasteiger partial charge on any atom is 0.186 e. The summed E-state index contributed by atoms with van der Waals surface area (Å²) < 4.78 is 11.9. The number of nitrogens with zero attached hydrogens (tertiary/aromatic N) is 2. The minimum absolute atomic E-state index is 0.121. The number of hydrogen-bond acceptors (Lipinski definition) is 6. The Morgan fingerprint density at radius 1 is 1.58 bits per heavy atom. The second kappa shape index (κ2) is 5.32. The maximum atomic E-state index is 5.80. The molecule has 19 heavy (non-hydrogen) atoms. The van der Waals surface area contributed by atoms with Gasteiger partial charge in [-0.25, -0.2) is 4.98 Å². The van der Waals surface area contributed by atoms with Crippen LogP contribution in [0.3, 0.4) is 0 Å². The van der Waals surface area contributed by atoms with E-state index < -0.39 is 0 Å². The van der Waals surface area contributed by atoms with Gasteiger partial charge in [-0.15, -0.1) is 0 Å². The zero-order valence-corrected chi connectivity index (χ0v) is 11.7. The highest BCUT2D eigenvalue weighted by atomic mass is 32.1. The average molecular weight is 279 g/mol. The van der Waals surface area contributed by atoms with Crippen LogP contribution in [0, 0.1) is 0 Å². The molecule has 0 aliphatic carbocycles. The Bertz CT molecular complexity index is 570. The van der Waals surface area contributed by atoms with Gasteiger partial charge in [0.05, 0.1) is 29.5 Å². The summed E-state index contributed by atoms with van der Waals surface area (Å²) in [5, 5.41) is 1.03. The van der Waals surface area contributed by atoms with Crippen molar-refractivity contribution in [1.29, 1.82) is 0 Å². The van der Waals surface area contributed by atoms with Crippen LogP contribution in [0.1, 0.15) is 0 Å². The molecule has 1 atom stereocenters. The summed E-state index contributed by atoms with van der Waals surface area (Å²) in [7, 11) is 1.70. The van der Waals surface area contributed by atoms with Crippen molar-refractivity contribution in [2.45, 2.75) is 6.10 Å². The van der Waals surface area contributed by atoms with E-state index >= 15 is 0 Å². The van der Waals surface area contributed by atoms with Gasteiger partial charge in [0.2, 0.25) is 0 Å². The maximum absolute atomic E-state index is 5.80. The normalized spacial score (nSPS) is 20.1. The van der Waals surface area contributed by atoms with Crippen LogP contribution in [-0.4, -0.2) is 44.5 Å². The largest absolute Gasteiger partial charge is 0.399 e. The van der Waals surface area contributed by atoms with Crippen LogP contribution < -0.4 is 10.6 Å².